The van der Waals surface area contributed by atoms with Crippen molar-refractivity contribution in [3.63, 3.8) is 0 Å². The number of ether oxygens (including phenoxy) is 1. The zero-order chi connectivity index (χ0) is 8.81. The lowest BCUT2D eigenvalue weighted by molar-refractivity contribution is 0.176. The summed E-state index contributed by atoms with van der Waals surface area (Å²) in [7, 11) is 3.95. The van der Waals surface area contributed by atoms with E-state index < -0.39 is 0 Å². The van der Waals surface area contributed by atoms with Crippen LogP contribution >= 0.6 is 0 Å². The van der Waals surface area contributed by atoms with Crippen molar-refractivity contribution in [1.29, 1.82) is 0 Å². The highest BCUT2D eigenvalue weighted by molar-refractivity contribution is 4.76. The van der Waals surface area contributed by atoms with E-state index in [9.17, 15) is 0 Å². The van der Waals surface area contributed by atoms with Gasteiger partial charge in [0.15, 0.2) is 0 Å². The van der Waals surface area contributed by atoms with Crippen LogP contribution in [0.25, 0.3) is 0 Å². The summed E-state index contributed by atoms with van der Waals surface area (Å²) in [6, 6.07) is 0.680. The van der Waals surface area contributed by atoms with E-state index in [4.69, 9.17) is 4.74 Å². The van der Waals surface area contributed by atoms with Crippen LogP contribution in [0.5, 0.6) is 0 Å². The normalized spacial score (nSPS) is 26.0. The third-order valence-corrected chi connectivity index (χ3v) is 2.36. The Kier molecular flexibility index (Phi) is 4.58. The van der Waals surface area contributed by atoms with Crippen LogP contribution in [0.1, 0.15) is 12.8 Å². The molecular weight excluding hydrogens is 152 g/mol. The first-order valence-electron chi connectivity index (χ1n) is 4.74. The summed E-state index contributed by atoms with van der Waals surface area (Å²) in [5.41, 5.74) is 0. The van der Waals surface area contributed by atoms with E-state index in [2.05, 4.69) is 17.3 Å². The van der Waals surface area contributed by atoms with E-state index in [1.165, 1.54) is 25.9 Å². The van der Waals surface area contributed by atoms with Crippen molar-refractivity contribution in [2.75, 3.05) is 40.4 Å². The molecule has 1 unspecified atom stereocenters. The van der Waals surface area contributed by atoms with E-state index in [0.29, 0.717) is 6.04 Å². The first kappa shape index (κ1) is 9.96. The van der Waals surface area contributed by atoms with Crippen molar-refractivity contribution >= 4 is 0 Å². The topological polar surface area (TPSA) is 24.5 Å². The van der Waals surface area contributed by atoms with Crippen LogP contribution in [0.4, 0.5) is 0 Å². The van der Waals surface area contributed by atoms with E-state index in [1.54, 1.807) is 7.11 Å². The number of hydrogen-bond acceptors (Lipinski definition) is 3. The van der Waals surface area contributed by atoms with E-state index in [-0.39, 0.29) is 0 Å². The highest BCUT2D eigenvalue weighted by Gasteiger charge is 2.14. The molecule has 0 aromatic carbocycles. The van der Waals surface area contributed by atoms with Crippen molar-refractivity contribution in [1.82, 2.24) is 10.2 Å². The summed E-state index contributed by atoms with van der Waals surface area (Å²) in [6.45, 7) is 4.39. The minimum absolute atomic E-state index is 0.680. The number of rotatable bonds is 4. The van der Waals surface area contributed by atoms with Gasteiger partial charge in [-0.25, -0.2) is 0 Å². The molecule has 0 radical (unpaired) electrons. The summed E-state index contributed by atoms with van der Waals surface area (Å²) >= 11 is 0. The van der Waals surface area contributed by atoms with Crippen LogP contribution in [0.15, 0.2) is 0 Å². The van der Waals surface area contributed by atoms with Gasteiger partial charge in [0.05, 0.1) is 0 Å². The first-order chi connectivity index (χ1) is 5.83. The molecular formula is C9H20N2O. The molecule has 0 amide bonds. The predicted octanol–water partition coefficient (Wildman–Crippen LogP) is 0.317. The van der Waals surface area contributed by atoms with Gasteiger partial charge in [0.2, 0.25) is 0 Å². The standard InChI is InChI=1S/C9H20N2O/c1-11-6-5-10-9(8-11)4-3-7-12-2/h9-10H,3-8H2,1-2H3. The van der Waals surface area contributed by atoms with Crippen LogP contribution in [0.2, 0.25) is 0 Å². The van der Waals surface area contributed by atoms with E-state index >= 15 is 0 Å². The molecule has 1 rings (SSSR count). The van der Waals surface area contributed by atoms with Gasteiger partial charge < -0.3 is 15.0 Å². The molecule has 1 N–H and O–H groups in total. The van der Waals surface area contributed by atoms with Gasteiger partial charge in [-0.05, 0) is 19.9 Å². The summed E-state index contributed by atoms with van der Waals surface area (Å²) in [4.78, 5) is 2.38. The lowest BCUT2D eigenvalue weighted by Crippen LogP contribution is -2.48. The Morgan fingerprint density at radius 2 is 2.42 bits per heavy atom. The molecule has 1 saturated heterocycles. The Bertz CT molecular complexity index is 119. The molecule has 0 spiro atoms. The second-order valence-corrected chi connectivity index (χ2v) is 3.55. The van der Waals surface area contributed by atoms with Gasteiger partial charge in [0.1, 0.15) is 0 Å². The molecule has 1 fully saturated rings. The zero-order valence-corrected chi connectivity index (χ0v) is 8.18. The maximum absolute atomic E-state index is 5.02. The fraction of sp³-hybridized carbons (Fsp3) is 1.00. The number of piperazine rings is 1. The van der Waals surface area contributed by atoms with Gasteiger partial charge in [0, 0.05) is 39.4 Å². The molecule has 0 bridgehead atoms. The molecule has 12 heavy (non-hydrogen) atoms. The van der Waals surface area contributed by atoms with Crippen LogP contribution in [0, 0.1) is 0 Å². The Labute approximate surface area is 75.1 Å². The molecule has 0 aliphatic carbocycles. The molecule has 0 aromatic heterocycles. The molecule has 1 aliphatic heterocycles. The molecule has 1 aliphatic rings. The second-order valence-electron chi connectivity index (χ2n) is 3.55. The Hall–Kier alpha value is -0.120. The van der Waals surface area contributed by atoms with Gasteiger partial charge in [-0.15, -0.1) is 0 Å². The minimum Gasteiger partial charge on any atom is -0.385 e. The SMILES string of the molecule is COCCCC1CN(C)CCN1. The zero-order valence-electron chi connectivity index (χ0n) is 8.18. The molecule has 1 heterocycles. The minimum atomic E-state index is 0.680. The van der Waals surface area contributed by atoms with Crippen molar-refractivity contribution < 1.29 is 4.74 Å². The van der Waals surface area contributed by atoms with E-state index in [1.807, 2.05) is 0 Å². The number of likely N-dealkylation sites (N-methyl/N-ethyl adjacent to an activating group) is 1. The van der Waals surface area contributed by atoms with Gasteiger partial charge >= 0.3 is 0 Å². The van der Waals surface area contributed by atoms with Gasteiger partial charge in [0.25, 0.3) is 0 Å². The quantitative estimate of drug-likeness (QED) is 0.618. The molecule has 0 aromatic rings. The average Bonchev–Trinajstić information content (AvgIpc) is 2.05. The van der Waals surface area contributed by atoms with Crippen LogP contribution in [-0.2, 0) is 4.74 Å². The van der Waals surface area contributed by atoms with Gasteiger partial charge in [-0.2, -0.15) is 0 Å². The summed E-state index contributed by atoms with van der Waals surface area (Å²) in [5, 5.41) is 3.51. The lowest BCUT2D eigenvalue weighted by Gasteiger charge is -2.30. The van der Waals surface area contributed by atoms with Crippen LogP contribution < -0.4 is 5.32 Å². The van der Waals surface area contributed by atoms with E-state index in [0.717, 1.165) is 13.2 Å². The third-order valence-electron chi connectivity index (χ3n) is 2.36. The fourth-order valence-corrected chi connectivity index (χ4v) is 1.66. The van der Waals surface area contributed by atoms with Gasteiger partial charge in [-0.3, -0.25) is 0 Å². The van der Waals surface area contributed by atoms with Crippen molar-refractivity contribution in [2.45, 2.75) is 18.9 Å². The maximum atomic E-state index is 5.02. The molecule has 3 nitrogen and oxygen atoms in total. The predicted molar refractivity (Wildman–Crippen MR) is 50.4 cm³/mol. The average molecular weight is 172 g/mol. The first-order valence-corrected chi connectivity index (χ1v) is 4.74. The molecule has 0 saturated carbocycles. The number of hydrogen-bond donors (Lipinski definition) is 1. The summed E-state index contributed by atoms with van der Waals surface area (Å²) in [5.74, 6) is 0. The third kappa shape index (κ3) is 3.52. The number of nitrogens with one attached hydrogen (secondary N) is 1. The maximum Gasteiger partial charge on any atom is 0.0462 e. The van der Waals surface area contributed by atoms with Crippen LogP contribution in [-0.4, -0.2) is 51.3 Å². The molecule has 72 valence electrons. The van der Waals surface area contributed by atoms with Crippen molar-refractivity contribution in [3.05, 3.63) is 0 Å². The Morgan fingerprint density at radius 3 is 3.08 bits per heavy atom. The molecule has 3 heteroatoms. The number of methoxy groups -OCH3 is 1. The van der Waals surface area contributed by atoms with Crippen molar-refractivity contribution in [2.24, 2.45) is 0 Å². The Morgan fingerprint density at radius 1 is 1.58 bits per heavy atom. The van der Waals surface area contributed by atoms with Gasteiger partial charge in [-0.1, -0.05) is 0 Å². The highest BCUT2D eigenvalue weighted by atomic mass is 16.5. The fourth-order valence-electron chi connectivity index (χ4n) is 1.66. The second kappa shape index (κ2) is 5.51. The van der Waals surface area contributed by atoms with Crippen molar-refractivity contribution in [3.8, 4) is 0 Å². The summed E-state index contributed by atoms with van der Waals surface area (Å²) < 4.78 is 5.02. The number of nitrogens with zero attached hydrogens (tertiary/aromatic N) is 1. The van der Waals surface area contributed by atoms with Crippen LogP contribution in [0.3, 0.4) is 0 Å². The highest BCUT2D eigenvalue weighted by Crippen LogP contribution is 2.03. The smallest absolute Gasteiger partial charge is 0.0462 e. The summed E-state index contributed by atoms with van der Waals surface area (Å²) in [6.07, 6.45) is 2.40. The lowest BCUT2D eigenvalue weighted by atomic mass is 10.1. The molecule has 1 atom stereocenters. The Balaban J connectivity index is 2.06. The monoisotopic (exact) mass is 172 g/mol. The largest absolute Gasteiger partial charge is 0.385 e.